The van der Waals surface area contributed by atoms with Crippen LogP contribution in [-0.2, 0) is 11.3 Å². The van der Waals surface area contributed by atoms with E-state index in [0.29, 0.717) is 19.6 Å². The second-order valence-electron chi connectivity index (χ2n) is 4.58. The van der Waals surface area contributed by atoms with Gasteiger partial charge in [-0.05, 0) is 6.07 Å². The number of amides is 2. The topological polar surface area (TPSA) is 82.8 Å². The van der Waals surface area contributed by atoms with Crippen molar-refractivity contribution in [2.24, 2.45) is 11.8 Å². The average molecular weight is 252 g/mol. The molecule has 0 saturated carbocycles. The Morgan fingerprint density at radius 2 is 2.33 bits per heavy atom. The minimum Gasteiger partial charge on any atom is -0.481 e. The van der Waals surface area contributed by atoms with Crippen molar-refractivity contribution in [1.29, 1.82) is 0 Å². The van der Waals surface area contributed by atoms with Crippen LogP contribution in [0.2, 0.25) is 0 Å². The van der Waals surface area contributed by atoms with E-state index in [2.05, 4.69) is 5.32 Å². The number of aliphatic carboxylic acids is 1. The molecule has 0 aromatic carbocycles. The van der Waals surface area contributed by atoms with E-state index in [1.807, 2.05) is 0 Å². The molecule has 98 valence electrons. The molecule has 0 radical (unpaired) electrons. The predicted molar refractivity (Wildman–Crippen MR) is 62.8 cm³/mol. The Bertz CT molecular complexity index is 423. The highest BCUT2D eigenvalue weighted by Gasteiger charge is 2.36. The quantitative estimate of drug-likeness (QED) is 0.841. The zero-order chi connectivity index (χ0) is 13.1. The SMILES string of the molecule is CC(C(=O)O)C1CN(C(=O)NCc2ccoc2)C1. The standard InChI is InChI=1S/C12H16N2O4/c1-8(11(15)16)10-5-14(6-10)12(17)13-4-9-2-3-18-7-9/h2-3,7-8,10H,4-6H2,1H3,(H,13,17)(H,15,16). The van der Waals surface area contributed by atoms with Crippen molar-refractivity contribution in [2.75, 3.05) is 13.1 Å². The number of carbonyl (C=O) groups is 2. The van der Waals surface area contributed by atoms with Crippen molar-refractivity contribution in [1.82, 2.24) is 10.2 Å². The van der Waals surface area contributed by atoms with Crippen molar-refractivity contribution in [3.63, 3.8) is 0 Å². The normalized spacial score (nSPS) is 17.1. The fourth-order valence-electron chi connectivity index (χ4n) is 1.88. The summed E-state index contributed by atoms with van der Waals surface area (Å²) in [5, 5.41) is 11.6. The number of hydrogen-bond donors (Lipinski definition) is 2. The maximum absolute atomic E-state index is 11.7. The molecule has 0 bridgehead atoms. The lowest BCUT2D eigenvalue weighted by Gasteiger charge is -2.41. The number of urea groups is 1. The summed E-state index contributed by atoms with van der Waals surface area (Å²) >= 11 is 0. The van der Waals surface area contributed by atoms with Gasteiger partial charge in [-0.3, -0.25) is 4.79 Å². The zero-order valence-corrected chi connectivity index (χ0v) is 10.1. The van der Waals surface area contributed by atoms with Crippen LogP contribution in [-0.4, -0.2) is 35.1 Å². The van der Waals surface area contributed by atoms with Crippen molar-refractivity contribution in [3.05, 3.63) is 24.2 Å². The first-order valence-electron chi connectivity index (χ1n) is 5.84. The van der Waals surface area contributed by atoms with Crippen LogP contribution >= 0.6 is 0 Å². The van der Waals surface area contributed by atoms with Crippen LogP contribution in [0.5, 0.6) is 0 Å². The van der Waals surface area contributed by atoms with E-state index in [1.165, 1.54) is 0 Å². The molecule has 1 atom stereocenters. The third kappa shape index (κ3) is 2.64. The Morgan fingerprint density at radius 3 is 2.89 bits per heavy atom. The molecule has 2 amide bonds. The van der Waals surface area contributed by atoms with E-state index in [4.69, 9.17) is 9.52 Å². The molecular formula is C12H16N2O4. The number of carboxylic acids is 1. The molecular weight excluding hydrogens is 236 g/mol. The number of likely N-dealkylation sites (tertiary alicyclic amines) is 1. The van der Waals surface area contributed by atoms with E-state index in [1.54, 1.807) is 30.4 Å². The summed E-state index contributed by atoms with van der Waals surface area (Å²) < 4.78 is 4.89. The third-order valence-electron chi connectivity index (χ3n) is 3.32. The molecule has 0 spiro atoms. The molecule has 2 N–H and O–H groups in total. The predicted octanol–water partition coefficient (Wildman–Crippen LogP) is 1.14. The van der Waals surface area contributed by atoms with Gasteiger partial charge in [0.25, 0.3) is 0 Å². The van der Waals surface area contributed by atoms with E-state index < -0.39 is 11.9 Å². The minimum absolute atomic E-state index is 0.0576. The summed E-state index contributed by atoms with van der Waals surface area (Å²) in [5.74, 6) is -1.15. The summed E-state index contributed by atoms with van der Waals surface area (Å²) in [6.45, 7) is 3.11. The molecule has 2 rings (SSSR count). The number of nitrogens with zero attached hydrogens (tertiary/aromatic N) is 1. The first kappa shape index (κ1) is 12.5. The summed E-state index contributed by atoms with van der Waals surface area (Å²) in [6.07, 6.45) is 3.13. The van der Waals surface area contributed by atoms with Crippen molar-refractivity contribution in [3.8, 4) is 0 Å². The minimum atomic E-state index is -0.807. The second-order valence-corrected chi connectivity index (χ2v) is 4.58. The van der Waals surface area contributed by atoms with Gasteiger partial charge in [-0.1, -0.05) is 6.92 Å². The maximum atomic E-state index is 11.7. The third-order valence-corrected chi connectivity index (χ3v) is 3.32. The average Bonchev–Trinajstić information content (AvgIpc) is 2.76. The van der Waals surface area contributed by atoms with Gasteiger partial charge < -0.3 is 19.7 Å². The maximum Gasteiger partial charge on any atom is 0.317 e. The molecule has 1 saturated heterocycles. The van der Waals surface area contributed by atoms with Gasteiger partial charge in [0.2, 0.25) is 0 Å². The summed E-state index contributed by atoms with van der Waals surface area (Å²) in [4.78, 5) is 24.1. The second kappa shape index (κ2) is 5.12. The van der Waals surface area contributed by atoms with Crippen molar-refractivity contribution < 1.29 is 19.1 Å². The molecule has 1 aliphatic heterocycles. The van der Waals surface area contributed by atoms with Gasteiger partial charge in [0.05, 0.1) is 18.4 Å². The zero-order valence-electron chi connectivity index (χ0n) is 10.1. The molecule has 1 aliphatic rings. The lowest BCUT2D eigenvalue weighted by molar-refractivity contribution is -0.144. The Hall–Kier alpha value is -1.98. The molecule has 1 aromatic heterocycles. The van der Waals surface area contributed by atoms with E-state index >= 15 is 0 Å². The smallest absolute Gasteiger partial charge is 0.317 e. The Morgan fingerprint density at radius 1 is 1.61 bits per heavy atom. The van der Waals surface area contributed by atoms with Crippen LogP contribution in [0.1, 0.15) is 12.5 Å². The Labute approximate surface area is 105 Å². The van der Waals surface area contributed by atoms with E-state index in [9.17, 15) is 9.59 Å². The number of carboxylic acid groups (broad SMARTS) is 1. The number of rotatable bonds is 4. The van der Waals surface area contributed by atoms with Gasteiger partial charge in [-0.2, -0.15) is 0 Å². The molecule has 0 aliphatic carbocycles. The van der Waals surface area contributed by atoms with Crippen molar-refractivity contribution >= 4 is 12.0 Å². The number of nitrogens with one attached hydrogen (secondary N) is 1. The summed E-state index contributed by atoms with van der Waals surface area (Å²) in [7, 11) is 0. The van der Waals surface area contributed by atoms with Crippen LogP contribution in [0.25, 0.3) is 0 Å². The van der Waals surface area contributed by atoms with Crippen LogP contribution in [0.3, 0.4) is 0 Å². The van der Waals surface area contributed by atoms with Crippen LogP contribution in [0.4, 0.5) is 4.79 Å². The summed E-state index contributed by atoms with van der Waals surface area (Å²) in [5.41, 5.74) is 0.902. The number of carbonyl (C=O) groups excluding carboxylic acids is 1. The molecule has 2 heterocycles. The van der Waals surface area contributed by atoms with Crippen LogP contribution in [0, 0.1) is 11.8 Å². The molecule has 1 fully saturated rings. The highest BCUT2D eigenvalue weighted by Crippen LogP contribution is 2.23. The number of hydrogen-bond acceptors (Lipinski definition) is 3. The molecule has 1 aromatic rings. The van der Waals surface area contributed by atoms with Gasteiger partial charge in [0.1, 0.15) is 0 Å². The van der Waals surface area contributed by atoms with E-state index in [-0.39, 0.29) is 11.9 Å². The molecule has 6 nitrogen and oxygen atoms in total. The van der Waals surface area contributed by atoms with Gasteiger partial charge in [-0.15, -0.1) is 0 Å². The molecule has 6 heteroatoms. The van der Waals surface area contributed by atoms with Crippen molar-refractivity contribution in [2.45, 2.75) is 13.5 Å². The first-order valence-corrected chi connectivity index (χ1v) is 5.84. The highest BCUT2D eigenvalue weighted by atomic mass is 16.4. The van der Waals surface area contributed by atoms with Gasteiger partial charge in [0.15, 0.2) is 0 Å². The van der Waals surface area contributed by atoms with Gasteiger partial charge in [-0.25, -0.2) is 4.79 Å². The largest absolute Gasteiger partial charge is 0.481 e. The van der Waals surface area contributed by atoms with Crippen LogP contribution < -0.4 is 5.32 Å². The van der Waals surface area contributed by atoms with Gasteiger partial charge >= 0.3 is 12.0 Å². The molecule has 18 heavy (non-hydrogen) atoms. The monoisotopic (exact) mass is 252 g/mol. The Kier molecular flexibility index (Phi) is 3.55. The molecule has 1 unspecified atom stereocenters. The van der Waals surface area contributed by atoms with Crippen LogP contribution in [0.15, 0.2) is 23.0 Å². The highest BCUT2D eigenvalue weighted by molar-refractivity contribution is 5.76. The first-order chi connectivity index (χ1) is 8.58. The lowest BCUT2D eigenvalue weighted by Crippen LogP contribution is -2.56. The number of furan rings is 1. The fourth-order valence-corrected chi connectivity index (χ4v) is 1.88. The van der Waals surface area contributed by atoms with E-state index in [0.717, 1.165) is 5.56 Å². The fraction of sp³-hybridized carbons (Fsp3) is 0.500. The lowest BCUT2D eigenvalue weighted by atomic mass is 9.87. The van der Waals surface area contributed by atoms with Gasteiger partial charge in [0, 0.05) is 31.1 Å². The summed E-state index contributed by atoms with van der Waals surface area (Å²) in [6, 6.07) is 1.62. The Balaban J connectivity index is 1.71.